The van der Waals surface area contributed by atoms with E-state index >= 15 is 0 Å². The number of piperazine rings is 1. The number of hydrogen-bond acceptors (Lipinski definition) is 11. The molecule has 2 aliphatic rings. The molecule has 3 heterocycles. The summed E-state index contributed by atoms with van der Waals surface area (Å²) >= 11 is 0. The summed E-state index contributed by atoms with van der Waals surface area (Å²) in [5.74, 6) is 0.616. The Balaban J connectivity index is 1.71. The van der Waals surface area contributed by atoms with Crippen LogP contribution in [0.5, 0.6) is 23.0 Å². The molecule has 2 aliphatic heterocycles. The third-order valence-electron chi connectivity index (χ3n) is 5.92. The number of esters is 1. The van der Waals surface area contributed by atoms with E-state index in [4.69, 9.17) is 29.4 Å². The van der Waals surface area contributed by atoms with E-state index < -0.39 is 5.97 Å². The van der Waals surface area contributed by atoms with Gasteiger partial charge in [-0.15, -0.1) is 0 Å². The van der Waals surface area contributed by atoms with Gasteiger partial charge in [-0.25, -0.2) is 4.98 Å². The van der Waals surface area contributed by atoms with Crippen LogP contribution in [0.3, 0.4) is 0 Å². The summed E-state index contributed by atoms with van der Waals surface area (Å²) in [5, 5.41) is 0.340. The Labute approximate surface area is 196 Å². The lowest BCUT2D eigenvalue weighted by Gasteiger charge is -2.35. The minimum Gasteiger partial charge on any atom is -0.492 e. The van der Waals surface area contributed by atoms with Crippen LogP contribution in [0.25, 0.3) is 10.9 Å². The smallest absolute Gasteiger partial charge is 0.308 e. The number of methoxy groups -OCH3 is 3. The summed E-state index contributed by atoms with van der Waals surface area (Å²) < 4.78 is 27.5. The van der Waals surface area contributed by atoms with Crippen LogP contribution >= 0.6 is 0 Å². The van der Waals surface area contributed by atoms with E-state index in [0.717, 1.165) is 12.8 Å². The Morgan fingerprint density at radius 1 is 0.971 bits per heavy atom. The van der Waals surface area contributed by atoms with Crippen molar-refractivity contribution in [2.45, 2.75) is 25.9 Å². The van der Waals surface area contributed by atoms with Gasteiger partial charge < -0.3 is 39.2 Å². The molecule has 0 radical (unpaired) electrons. The molecule has 2 fully saturated rings. The van der Waals surface area contributed by atoms with Crippen LogP contribution in [0.2, 0.25) is 0 Å². The zero-order valence-electron chi connectivity index (χ0n) is 19.8. The van der Waals surface area contributed by atoms with Gasteiger partial charge in [0, 0.05) is 39.7 Å². The van der Waals surface area contributed by atoms with Crippen molar-refractivity contribution in [1.29, 1.82) is 0 Å². The predicted molar refractivity (Wildman–Crippen MR) is 123 cm³/mol. The van der Waals surface area contributed by atoms with Crippen LogP contribution in [0.1, 0.15) is 19.8 Å². The number of rotatable bonds is 6. The fourth-order valence-corrected chi connectivity index (χ4v) is 4.33. The first-order valence-corrected chi connectivity index (χ1v) is 11.0. The Kier molecular flexibility index (Phi) is 6.77. The molecule has 1 unspecified atom stereocenters. The van der Waals surface area contributed by atoms with Crippen molar-refractivity contribution in [1.82, 2.24) is 14.9 Å². The van der Waals surface area contributed by atoms with E-state index in [1.165, 1.54) is 28.3 Å². The Morgan fingerprint density at radius 2 is 1.62 bits per heavy atom. The summed E-state index contributed by atoms with van der Waals surface area (Å²) in [7, 11) is 4.32. The Morgan fingerprint density at radius 3 is 2.18 bits per heavy atom. The van der Waals surface area contributed by atoms with Crippen LogP contribution in [0.4, 0.5) is 11.8 Å². The first-order chi connectivity index (χ1) is 16.4. The van der Waals surface area contributed by atoms with Gasteiger partial charge in [0.2, 0.25) is 23.2 Å². The van der Waals surface area contributed by atoms with Gasteiger partial charge >= 0.3 is 5.97 Å². The normalized spacial score (nSPS) is 18.2. The first kappa shape index (κ1) is 23.6. The number of nitrogens with zero attached hydrogens (tertiary/aromatic N) is 4. The maximum absolute atomic E-state index is 12.7. The van der Waals surface area contributed by atoms with Crippen molar-refractivity contribution in [3.63, 3.8) is 0 Å². The summed E-state index contributed by atoms with van der Waals surface area (Å²) in [4.78, 5) is 37.4. The highest BCUT2D eigenvalue weighted by Gasteiger charge is 2.32. The fourth-order valence-electron chi connectivity index (χ4n) is 4.33. The molecule has 12 heteroatoms. The summed E-state index contributed by atoms with van der Waals surface area (Å²) in [5.41, 5.74) is 6.59. The van der Waals surface area contributed by atoms with E-state index in [1.807, 2.05) is 4.90 Å². The monoisotopic (exact) mass is 475 g/mol. The number of fused-ring (bicyclic) bond motifs is 1. The van der Waals surface area contributed by atoms with E-state index in [9.17, 15) is 9.59 Å². The number of nitrogen functional groups attached to an aromatic ring is 1. The zero-order valence-corrected chi connectivity index (χ0v) is 19.8. The van der Waals surface area contributed by atoms with Crippen molar-refractivity contribution in [2.24, 2.45) is 0 Å². The van der Waals surface area contributed by atoms with Crippen LogP contribution in [-0.4, -0.2) is 87.0 Å². The molecule has 0 saturated carbocycles. The van der Waals surface area contributed by atoms with Gasteiger partial charge in [0.15, 0.2) is 5.75 Å². The Bertz CT molecular complexity index is 1100. The van der Waals surface area contributed by atoms with Crippen LogP contribution in [0, 0.1) is 0 Å². The second-order valence-corrected chi connectivity index (χ2v) is 7.97. The molecule has 34 heavy (non-hydrogen) atoms. The Hall–Kier alpha value is -3.54. The van der Waals surface area contributed by atoms with Crippen molar-refractivity contribution in [3.8, 4) is 23.0 Å². The zero-order chi connectivity index (χ0) is 24.4. The number of nitrogens with two attached hydrogens (primary N) is 1. The number of carbonyl (C=O) groups excluding carboxylic acids is 2. The van der Waals surface area contributed by atoms with Crippen molar-refractivity contribution < 1.29 is 33.3 Å². The topological polar surface area (TPSA) is 139 Å². The largest absolute Gasteiger partial charge is 0.492 e. The summed E-state index contributed by atoms with van der Waals surface area (Å²) in [6, 6.07) is 0. The van der Waals surface area contributed by atoms with Gasteiger partial charge in [-0.05, 0) is 12.8 Å². The number of hydrogen-bond donors (Lipinski definition) is 1. The molecule has 0 aliphatic carbocycles. The fraction of sp³-hybridized carbons (Fsp3) is 0.545. The van der Waals surface area contributed by atoms with Gasteiger partial charge in [0.05, 0.1) is 26.7 Å². The standard InChI is InChI=1S/C22H29N5O7/c1-12(28)34-17-15-14(16(30-2)18(31-3)19(17)32-4)20(23)25-22(24-15)27-9-7-26(8-10-27)21(29)13-6-5-11-33-13/h13H,5-11H2,1-4H3,(H2,23,24,25). The molecule has 2 aromatic rings. The lowest BCUT2D eigenvalue weighted by atomic mass is 10.1. The van der Waals surface area contributed by atoms with Gasteiger partial charge in [-0.1, -0.05) is 0 Å². The molecular formula is C22H29N5O7. The lowest BCUT2D eigenvalue weighted by molar-refractivity contribution is -0.141. The third-order valence-corrected chi connectivity index (χ3v) is 5.92. The maximum Gasteiger partial charge on any atom is 0.308 e. The molecule has 1 atom stereocenters. The molecule has 4 rings (SSSR count). The number of carbonyl (C=O) groups is 2. The van der Waals surface area contributed by atoms with Crippen molar-refractivity contribution in [3.05, 3.63) is 0 Å². The molecule has 0 bridgehead atoms. The average Bonchev–Trinajstić information content (AvgIpc) is 3.38. The molecule has 2 saturated heterocycles. The average molecular weight is 476 g/mol. The van der Waals surface area contributed by atoms with Gasteiger partial charge in [-0.2, -0.15) is 4.98 Å². The molecule has 0 spiro atoms. The van der Waals surface area contributed by atoms with Crippen molar-refractivity contribution in [2.75, 3.05) is 64.7 Å². The van der Waals surface area contributed by atoms with E-state index in [0.29, 0.717) is 44.1 Å². The highest BCUT2D eigenvalue weighted by atomic mass is 16.6. The molecule has 1 aromatic heterocycles. The molecule has 12 nitrogen and oxygen atoms in total. The van der Waals surface area contributed by atoms with Crippen LogP contribution < -0.4 is 29.6 Å². The minimum absolute atomic E-state index is 0.0230. The van der Waals surface area contributed by atoms with Crippen LogP contribution in [0.15, 0.2) is 0 Å². The van der Waals surface area contributed by atoms with E-state index in [2.05, 4.69) is 9.97 Å². The van der Waals surface area contributed by atoms with Gasteiger partial charge in [0.25, 0.3) is 5.91 Å². The maximum atomic E-state index is 12.7. The SMILES string of the molecule is COc1c(OC)c(OC)c2c(N)nc(N3CCN(C(=O)C4CCCO4)CC3)nc2c1OC(C)=O. The number of anilines is 2. The highest BCUT2D eigenvalue weighted by Crippen LogP contribution is 2.52. The summed E-state index contributed by atoms with van der Waals surface area (Å²) in [6.45, 7) is 3.94. The minimum atomic E-state index is -0.563. The number of amides is 1. The second-order valence-electron chi connectivity index (χ2n) is 7.97. The van der Waals surface area contributed by atoms with Gasteiger partial charge in [-0.3, -0.25) is 9.59 Å². The van der Waals surface area contributed by atoms with Gasteiger partial charge in [0.1, 0.15) is 17.4 Å². The number of ether oxygens (including phenoxy) is 5. The summed E-state index contributed by atoms with van der Waals surface area (Å²) in [6.07, 6.45) is 1.32. The highest BCUT2D eigenvalue weighted by molar-refractivity contribution is 6.03. The first-order valence-electron chi connectivity index (χ1n) is 11.0. The predicted octanol–water partition coefficient (Wildman–Crippen LogP) is 0.991. The van der Waals surface area contributed by atoms with Crippen LogP contribution in [-0.2, 0) is 14.3 Å². The molecule has 2 N–H and O–H groups in total. The van der Waals surface area contributed by atoms with Crippen molar-refractivity contribution >= 4 is 34.5 Å². The molecule has 1 aromatic carbocycles. The number of benzene rings is 1. The molecule has 1 amide bonds. The second kappa shape index (κ2) is 9.75. The van der Waals surface area contributed by atoms with E-state index in [-0.39, 0.29) is 46.3 Å². The lowest BCUT2D eigenvalue weighted by Crippen LogP contribution is -2.51. The molecule has 184 valence electrons. The molecular weight excluding hydrogens is 446 g/mol. The number of aromatic nitrogens is 2. The third kappa shape index (κ3) is 4.20. The quantitative estimate of drug-likeness (QED) is 0.473. The van der Waals surface area contributed by atoms with E-state index in [1.54, 1.807) is 4.90 Å².